The van der Waals surface area contributed by atoms with E-state index in [4.69, 9.17) is 27.9 Å². The minimum atomic E-state index is -0.414. The quantitative estimate of drug-likeness (QED) is 0.412. The molecular formula is C26H25Cl2NO3. The van der Waals surface area contributed by atoms with Crippen molar-refractivity contribution in [3.05, 3.63) is 87.4 Å². The molecule has 0 fully saturated rings. The number of carbonyl (C=O) groups is 2. The largest absolute Gasteiger partial charge is 0.465 e. The highest BCUT2D eigenvalue weighted by Gasteiger charge is 2.18. The van der Waals surface area contributed by atoms with Crippen LogP contribution in [-0.4, -0.2) is 19.0 Å². The topological polar surface area (TPSA) is 55.4 Å². The lowest BCUT2D eigenvalue weighted by molar-refractivity contribution is -0.115. The summed E-state index contributed by atoms with van der Waals surface area (Å²) in [5.74, 6) is -0.594. The Hall–Kier alpha value is -2.82. The van der Waals surface area contributed by atoms with E-state index in [1.165, 1.54) is 7.11 Å². The Balaban J connectivity index is 1.98. The molecule has 0 atom stereocenters. The van der Waals surface area contributed by atoms with Crippen molar-refractivity contribution >= 4 is 40.8 Å². The Bertz CT molecular complexity index is 1170. The minimum absolute atomic E-state index is 0.102. The van der Waals surface area contributed by atoms with Gasteiger partial charge in [-0.05, 0) is 52.4 Å². The second-order valence-electron chi connectivity index (χ2n) is 8.56. The fourth-order valence-electron chi connectivity index (χ4n) is 3.33. The zero-order valence-corrected chi connectivity index (χ0v) is 20.0. The number of hydrogen-bond acceptors (Lipinski definition) is 3. The van der Waals surface area contributed by atoms with E-state index in [2.05, 4.69) is 26.1 Å². The first-order valence-electron chi connectivity index (χ1n) is 10.2. The number of anilines is 1. The lowest BCUT2D eigenvalue weighted by atomic mass is 9.85. The first kappa shape index (κ1) is 23.8. The molecule has 0 radical (unpaired) electrons. The van der Waals surface area contributed by atoms with E-state index >= 15 is 0 Å². The molecule has 0 bridgehead atoms. The van der Waals surface area contributed by atoms with Crippen LogP contribution in [0, 0.1) is 0 Å². The number of carbonyl (C=O) groups excluding carboxylic acids is 2. The lowest BCUT2D eigenvalue weighted by Crippen LogP contribution is -2.17. The zero-order valence-electron chi connectivity index (χ0n) is 18.5. The first-order chi connectivity index (χ1) is 15.1. The maximum Gasteiger partial charge on any atom is 0.337 e. The summed E-state index contributed by atoms with van der Waals surface area (Å²) in [7, 11) is 1.35. The van der Waals surface area contributed by atoms with Crippen LogP contribution in [-0.2, 0) is 21.4 Å². The van der Waals surface area contributed by atoms with Crippen LogP contribution in [0.1, 0.15) is 42.3 Å². The molecule has 0 aliphatic carbocycles. The Morgan fingerprint density at radius 1 is 0.938 bits per heavy atom. The first-order valence-corrected chi connectivity index (χ1v) is 10.9. The molecule has 32 heavy (non-hydrogen) atoms. The SMILES string of the molecule is COC(=O)c1cccc(-c2ccc(C(C)(C)C)cc2NC(=O)Cc2ccc(Cl)c(Cl)c2)c1. The Kier molecular flexibility index (Phi) is 7.27. The lowest BCUT2D eigenvalue weighted by Gasteiger charge is -2.22. The highest BCUT2D eigenvalue weighted by molar-refractivity contribution is 6.42. The molecule has 0 aliphatic heterocycles. The molecule has 0 spiro atoms. The Morgan fingerprint density at radius 2 is 1.69 bits per heavy atom. The van der Waals surface area contributed by atoms with Crippen molar-refractivity contribution in [3.8, 4) is 11.1 Å². The maximum atomic E-state index is 12.9. The predicted molar refractivity (Wildman–Crippen MR) is 131 cm³/mol. The Labute approximate surface area is 198 Å². The van der Waals surface area contributed by atoms with Gasteiger partial charge in [-0.15, -0.1) is 0 Å². The minimum Gasteiger partial charge on any atom is -0.465 e. The second kappa shape index (κ2) is 9.76. The third-order valence-corrected chi connectivity index (χ3v) is 5.84. The third-order valence-electron chi connectivity index (χ3n) is 5.10. The van der Waals surface area contributed by atoms with Crippen LogP contribution < -0.4 is 5.32 Å². The van der Waals surface area contributed by atoms with Crippen molar-refractivity contribution < 1.29 is 14.3 Å². The number of methoxy groups -OCH3 is 1. The summed E-state index contributed by atoms with van der Waals surface area (Å²) < 4.78 is 4.84. The van der Waals surface area contributed by atoms with Crippen molar-refractivity contribution in [2.75, 3.05) is 12.4 Å². The van der Waals surface area contributed by atoms with Gasteiger partial charge in [0.1, 0.15) is 0 Å². The van der Waals surface area contributed by atoms with E-state index in [1.54, 1.807) is 36.4 Å². The van der Waals surface area contributed by atoms with Crippen molar-refractivity contribution in [1.82, 2.24) is 0 Å². The van der Waals surface area contributed by atoms with Crippen LogP contribution in [0.25, 0.3) is 11.1 Å². The van der Waals surface area contributed by atoms with Gasteiger partial charge in [0.2, 0.25) is 5.91 Å². The fourth-order valence-corrected chi connectivity index (χ4v) is 3.65. The molecule has 0 aromatic heterocycles. The third kappa shape index (κ3) is 5.70. The summed E-state index contributed by atoms with van der Waals surface area (Å²) >= 11 is 12.1. The summed E-state index contributed by atoms with van der Waals surface area (Å²) in [6.45, 7) is 6.34. The molecule has 1 amide bonds. The molecule has 0 saturated heterocycles. The van der Waals surface area contributed by atoms with Gasteiger partial charge in [-0.1, -0.05) is 74.3 Å². The molecule has 3 aromatic carbocycles. The van der Waals surface area contributed by atoms with E-state index in [9.17, 15) is 9.59 Å². The van der Waals surface area contributed by atoms with E-state index in [0.717, 1.165) is 22.3 Å². The van der Waals surface area contributed by atoms with E-state index < -0.39 is 5.97 Å². The molecule has 1 N–H and O–H groups in total. The molecule has 3 aromatic rings. The molecule has 6 heteroatoms. The number of amides is 1. The number of halogens is 2. The monoisotopic (exact) mass is 469 g/mol. The van der Waals surface area contributed by atoms with Gasteiger partial charge in [0.25, 0.3) is 0 Å². The molecule has 3 rings (SSSR count). The van der Waals surface area contributed by atoms with Gasteiger partial charge < -0.3 is 10.1 Å². The standard InChI is InChI=1S/C26H25Cl2NO3/c1-26(2,3)19-9-10-20(17-6-5-7-18(14-17)25(31)32-4)23(15-19)29-24(30)13-16-8-11-21(27)22(28)12-16/h5-12,14-15H,13H2,1-4H3,(H,29,30). The summed E-state index contributed by atoms with van der Waals surface area (Å²) in [6.07, 6.45) is 0.151. The molecule has 4 nitrogen and oxygen atoms in total. The fraction of sp³-hybridized carbons (Fsp3) is 0.231. The van der Waals surface area contributed by atoms with Gasteiger partial charge in [-0.25, -0.2) is 4.79 Å². The average Bonchev–Trinajstić information content (AvgIpc) is 2.75. The Morgan fingerprint density at radius 3 is 2.34 bits per heavy atom. The molecule has 0 saturated carbocycles. The normalized spacial score (nSPS) is 11.2. The van der Waals surface area contributed by atoms with Crippen molar-refractivity contribution in [2.24, 2.45) is 0 Å². The summed E-state index contributed by atoms with van der Waals surface area (Å²) in [5.41, 5.74) is 4.47. The van der Waals surface area contributed by atoms with Crippen LogP contribution in [0.2, 0.25) is 10.0 Å². The number of nitrogens with one attached hydrogen (secondary N) is 1. The average molecular weight is 470 g/mol. The molecular weight excluding hydrogens is 445 g/mol. The predicted octanol–water partition coefficient (Wildman–Crippen LogP) is 6.93. The number of ether oxygens (including phenoxy) is 1. The van der Waals surface area contributed by atoms with Crippen molar-refractivity contribution in [1.29, 1.82) is 0 Å². The van der Waals surface area contributed by atoms with Gasteiger partial charge in [0.05, 0.1) is 29.1 Å². The summed E-state index contributed by atoms with van der Waals surface area (Å²) in [6, 6.07) is 18.3. The van der Waals surface area contributed by atoms with E-state index in [-0.39, 0.29) is 17.7 Å². The van der Waals surface area contributed by atoms with Crippen LogP contribution >= 0.6 is 23.2 Å². The second-order valence-corrected chi connectivity index (χ2v) is 9.37. The van der Waals surface area contributed by atoms with Crippen LogP contribution in [0.5, 0.6) is 0 Å². The smallest absolute Gasteiger partial charge is 0.337 e. The van der Waals surface area contributed by atoms with Crippen LogP contribution in [0.15, 0.2) is 60.7 Å². The van der Waals surface area contributed by atoms with Gasteiger partial charge in [0, 0.05) is 11.3 Å². The highest BCUT2D eigenvalue weighted by atomic mass is 35.5. The molecule has 0 unspecified atom stereocenters. The van der Waals surface area contributed by atoms with Gasteiger partial charge in [-0.2, -0.15) is 0 Å². The van der Waals surface area contributed by atoms with Gasteiger partial charge >= 0.3 is 5.97 Å². The van der Waals surface area contributed by atoms with Crippen LogP contribution in [0.3, 0.4) is 0 Å². The number of esters is 1. The summed E-state index contributed by atoms with van der Waals surface area (Å²) in [4.78, 5) is 24.9. The summed E-state index contributed by atoms with van der Waals surface area (Å²) in [5, 5.41) is 3.89. The molecule has 166 valence electrons. The van der Waals surface area contributed by atoms with Crippen molar-refractivity contribution in [3.63, 3.8) is 0 Å². The van der Waals surface area contributed by atoms with E-state index in [0.29, 0.717) is 21.3 Å². The van der Waals surface area contributed by atoms with Gasteiger partial charge in [0.15, 0.2) is 0 Å². The zero-order chi connectivity index (χ0) is 23.5. The number of rotatable bonds is 5. The molecule has 0 heterocycles. The van der Waals surface area contributed by atoms with Gasteiger partial charge in [-0.3, -0.25) is 4.79 Å². The molecule has 0 aliphatic rings. The van der Waals surface area contributed by atoms with Crippen molar-refractivity contribution in [2.45, 2.75) is 32.6 Å². The maximum absolute atomic E-state index is 12.9. The highest BCUT2D eigenvalue weighted by Crippen LogP contribution is 2.34. The van der Waals surface area contributed by atoms with E-state index in [1.807, 2.05) is 24.3 Å². The van der Waals surface area contributed by atoms with Crippen LogP contribution in [0.4, 0.5) is 5.69 Å². The number of hydrogen-bond donors (Lipinski definition) is 1. The number of benzene rings is 3.